The fourth-order valence-electron chi connectivity index (χ4n) is 4.97. The topological polar surface area (TPSA) is 68.2 Å². The molecule has 2 bridgehead atoms. The van der Waals surface area contributed by atoms with Gasteiger partial charge in [0.2, 0.25) is 0 Å². The van der Waals surface area contributed by atoms with Crippen LogP contribution < -0.4 is 9.47 Å². The SMILES string of the molecule is CCOc1cc(C=NN2C(=O)[C@@H]3[C@H](C2=O)[C@H]2C=C[C@H]3C2)cc(Br)c1OCc1cccc(F)c1. The number of imide groups is 1. The zero-order valence-corrected chi connectivity index (χ0v) is 19.5. The summed E-state index contributed by atoms with van der Waals surface area (Å²) in [6.07, 6.45) is 6.47. The smallest absolute Gasteiger partial charge is 0.254 e. The summed E-state index contributed by atoms with van der Waals surface area (Å²) in [6, 6.07) is 9.70. The van der Waals surface area contributed by atoms with Crippen LogP contribution in [0, 0.1) is 29.5 Å². The molecular weight excluding hydrogens is 491 g/mol. The first-order valence-electron chi connectivity index (χ1n) is 10.9. The van der Waals surface area contributed by atoms with E-state index in [1.807, 2.05) is 6.92 Å². The van der Waals surface area contributed by atoms with Crippen LogP contribution in [0.15, 0.2) is 58.1 Å². The highest BCUT2D eigenvalue weighted by Crippen LogP contribution is 2.52. The van der Waals surface area contributed by atoms with Crippen LogP contribution in [0.1, 0.15) is 24.5 Å². The van der Waals surface area contributed by atoms with E-state index in [4.69, 9.17) is 9.47 Å². The Balaban J connectivity index is 1.35. The number of carbonyl (C=O) groups is 2. The Kier molecular flexibility index (Phi) is 5.78. The van der Waals surface area contributed by atoms with Crippen LogP contribution in [0.4, 0.5) is 4.39 Å². The second-order valence-corrected chi connectivity index (χ2v) is 9.27. The van der Waals surface area contributed by atoms with E-state index in [0.717, 1.165) is 11.4 Å². The Morgan fingerprint density at radius 2 is 1.85 bits per heavy atom. The first kappa shape index (κ1) is 21.8. The maximum atomic E-state index is 13.5. The molecule has 2 fully saturated rings. The Bertz CT molecular complexity index is 1150. The number of carbonyl (C=O) groups excluding carboxylic acids is 2. The minimum absolute atomic E-state index is 0.143. The molecule has 0 unspecified atom stereocenters. The fraction of sp³-hybridized carbons (Fsp3) is 0.320. The number of allylic oxidation sites excluding steroid dienone is 2. The Hall–Kier alpha value is -3.00. The second-order valence-electron chi connectivity index (χ2n) is 8.41. The van der Waals surface area contributed by atoms with Gasteiger partial charge in [-0.15, -0.1) is 0 Å². The molecule has 4 atom stereocenters. The van der Waals surface area contributed by atoms with E-state index in [1.165, 1.54) is 18.3 Å². The summed E-state index contributed by atoms with van der Waals surface area (Å²) in [7, 11) is 0. The molecule has 33 heavy (non-hydrogen) atoms. The van der Waals surface area contributed by atoms with Gasteiger partial charge in [-0.2, -0.15) is 10.1 Å². The van der Waals surface area contributed by atoms with Crippen molar-refractivity contribution in [2.45, 2.75) is 20.0 Å². The van der Waals surface area contributed by atoms with Gasteiger partial charge in [0.15, 0.2) is 11.5 Å². The molecule has 0 radical (unpaired) electrons. The summed E-state index contributed by atoms with van der Waals surface area (Å²) in [5.41, 5.74) is 1.33. The molecular formula is C25H22BrFN2O4. The lowest BCUT2D eigenvalue weighted by Gasteiger charge is -2.15. The third-order valence-corrected chi connectivity index (χ3v) is 6.96. The van der Waals surface area contributed by atoms with Crippen LogP contribution in [0.25, 0.3) is 0 Å². The minimum Gasteiger partial charge on any atom is -0.490 e. The van der Waals surface area contributed by atoms with Gasteiger partial charge < -0.3 is 9.47 Å². The number of hydrogen-bond donors (Lipinski definition) is 0. The standard InChI is InChI=1S/C25H22BrFN2O4/c1-2-32-20-10-15(9-19(26)23(20)33-13-14-4-3-5-18(27)8-14)12-28-29-24(30)21-16-6-7-17(11-16)22(21)25(29)31/h3-10,12,16-17,21-22H,2,11,13H2,1H3/t16-,17-,21-,22+/m0/s1. The molecule has 0 spiro atoms. The number of hydrogen-bond acceptors (Lipinski definition) is 5. The molecule has 8 heteroatoms. The average molecular weight is 513 g/mol. The molecule has 5 rings (SSSR count). The highest BCUT2D eigenvalue weighted by atomic mass is 79.9. The van der Waals surface area contributed by atoms with E-state index < -0.39 is 0 Å². The Morgan fingerprint density at radius 1 is 1.12 bits per heavy atom. The Labute approximate surface area is 199 Å². The molecule has 2 amide bonds. The molecule has 2 aliphatic carbocycles. The number of halogens is 2. The van der Waals surface area contributed by atoms with Crippen LogP contribution in [-0.4, -0.2) is 29.6 Å². The molecule has 6 nitrogen and oxygen atoms in total. The maximum absolute atomic E-state index is 13.5. The van der Waals surface area contributed by atoms with Crippen molar-refractivity contribution in [2.24, 2.45) is 28.8 Å². The summed E-state index contributed by atoms with van der Waals surface area (Å²) in [5, 5.41) is 5.25. The molecule has 170 valence electrons. The molecule has 2 aromatic rings. The number of fused-ring (bicyclic) bond motifs is 5. The molecule has 1 aliphatic heterocycles. The maximum Gasteiger partial charge on any atom is 0.254 e. The highest BCUT2D eigenvalue weighted by molar-refractivity contribution is 9.10. The number of benzene rings is 2. The summed E-state index contributed by atoms with van der Waals surface area (Å²) in [6.45, 7) is 2.43. The fourth-order valence-corrected chi connectivity index (χ4v) is 5.55. The number of rotatable bonds is 7. The third-order valence-electron chi connectivity index (χ3n) is 6.37. The van der Waals surface area contributed by atoms with Crippen molar-refractivity contribution < 1.29 is 23.5 Å². The van der Waals surface area contributed by atoms with Gasteiger partial charge in [0.05, 0.1) is 29.1 Å². The second kappa shape index (κ2) is 8.74. The van der Waals surface area contributed by atoms with Crippen molar-refractivity contribution >= 4 is 34.0 Å². The van der Waals surface area contributed by atoms with Gasteiger partial charge in [-0.1, -0.05) is 24.3 Å². The van der Waals surface area contributed by atoms with E-state index in [-0.39, 0.29) is 47.9 Å². The minimum atomic E-state index is -0.328. The molecule has 2 aromatic carbocycles. The number of amides is 2. The van der Waals surface area contributed by atoms with Gasteiger partial charge >= 0.3 is 0 Å². The van der Waals surface area contributed by atoms with Crippen molar-refractivity contribution in [3.63, 3.8) is 0 Å². The lowest BCUT2D eigenvalue weighted by molar-refractivity contribution is -0.140. The molecule has 3 aliphatic rings. The number of nitrogens with zero attached hydrogens (tertiary/aromatic N) is 2. The number of hydrazone groups is 1. The predicted molar refractivity (Wildman–Crippen MR) is 123 cm³/mol. The van der Waals surface area contributed by atoms with E-state index in [0.29, 0.717) is 33.7 Å². The lowest BCUT2D eigenvalue weighted by Crippen LogP contribution is -2.28. The van der Waals surface area contributed by atoms with Crippen molar-refractivity contribution in [3.8, 4) is 11.5 Å². The first-order chi connectivity index (χ1) is 16.0. The predicted octanol–water partition coefficient (Wildman–Crippen LogP) is 4.71. The zero-order valence-electron chi connectivity index (χ0n) is 17.9. The Morgan fingerprint density at radius 3 is 2.52 bits per heavy atom. The summed E-state index contributed by atoms with van der Waals surface area (Å²) in [5.74, 6) is -0.107. The van der Waals surface area contributed by atoms with E-state index in [9.17, 15) is 14.0 Å². The highest BCUT2D eigenvalue weighted by Gasteiger charge is 2.59. The van der Waals surface area contributed by atoms with Gasteiger partial charge in [-0.3, -0.25) is 9.59 Å². The van der Waals surface area contributed by atoms with E-state index in [2.05, 4.69) is 33.2 Å². The zero-order chi connectivity index (χ0) is 23.1. The van der Waals surface area contributed by atoms with E-state index >= 15 is 0 Å². The van der Waals surface area contributed by atoms with Gasteiger partial charge in [0.25, 0.3) is 11.8 Å². The molecule has 1 heterocycles. The van der Waals surface area contributed by atoms with Gasteiger partial charge in [0.1, 0.15) is 12.4 Å². The van der Waals surface area contributed by atoms with Gasteiger partial charge in [-0.25, -0.2) is 4.39 Å². The van der Waals surface area contributed by atoms with Crippen LogP contribution in [-0.2, 0) is 16.2 Å². The summed E-state index contributed by atoms with van der Waals surface area (Å²) >= 11 is 3.50. The molecule has 1 saturated carbocycles. The van der Waals surface area contributed by atoms with Crippen LogP contribution in [0.3, 0.4) is 0 Å². The molecule has 1 saturated heterocycles. The largest absolute Gasteiger partial charge is 0.490 e. The van der Waals surface area contributed by atoms with Crippen molar-refractivity contribution in [1.29, 1.82) is 0 Å². The lowest BCUT2D eigenvalue weighted by atomic mass is 9.85. The van der Waals surface area contributed by atoms with Crippen molar-refractivity contribution in [2.75, 3.05) is 6.61 Å². The molecule has 0 N–H and O–H groups in total. The quantitative estimate of drug-likeness (QED) is 0.306. The van der Waals surface area contributed by atoms with Crippen LogP contribution in [0.5, 0.6) is 11.5 Å². The summed E-state index contributed by atoms with van der Waals surface area (Å²) in [4.78, 5) is 25.6. The normalized spacial score (nSPS) is 25.4. The van der Waals surface area contributed by atoms with Crippen molar-refractivity contribution in [1.82, 2.24) is 5.01 Å². The average Bonchev–Trinajstić information content (AvgIpc) is 3.46. The van der Waals surface area contributed by atoms with Crippen LogP contribution >= 0.6 is 15.9 Å². The molecule has 0 aromatic heterocycles. The van der Waals surface area contributed by atoms with Crippen molar-refractivity contribution in [3.05, 3.63) is 70.0 Å². The van der Waals surface area contributed by atoms with Crippen LogP contribution in [0.2, 0.25) is 0 Å². The van der Waals surface area contributed by atoms with E-state index in [1.54, 1.807) is 24.3 Å². The summed E-state index contributed by atoms with van der Waals surface area (Å²) < 4.78 is 25.7. The monoisotopic (exact) mass is 512 g/mol. The third kappa shape index (κ3) is 3.97. The first-order valence-corrected chi connectivity index (χ1v) is 11.7. The van der Waals surface area contributed by atoms with Gasteiger partial charge in [-0.05, 0) is 76.5 Å². The number of ether oxygens (including phenoxy) is 2. The van der Waals surface area contributed by atoms with Gasteiger partial charge in [0, 0.05) is 0 Å².